The van der Waals surface area contributed by atoms with Crippen molar-refractivity contribution in [2.24, 2.45) is 5.73 Å². The van der Waals surface area contributed by atoms with Crippen molar-refractivity contribution in [3.63, 3.8) is 0 Å². The first kappa shape index (κ1) is 30.7. The highest BCUT2D eigenvalue weighted by molar-refractivity contribution is 5.95. The Labute approximate surface area is 231 Å². The van der Waals surface area contributed by atoms with Crippen LogP contribution in [0.25, 0.3) is 0 Å². The van der Waals surface area contributed by atoms with Crippen LogP contribution in [0.5, 0.6) is 11.5 Å². The SMILES string of the molecule is CCOC(C(=O)NCc1ccc(C(=N)N)cc1OCC(=O)NCCN1CCOCC1)c1c(F)cc(OC)cc1F. The number of amides is 2. The number of halogens is 2. The largest absolute Gasteiger partial charge is 0.497 e. The van der Waals surface area contributed by atoms with Crippen LogP contribution < -0.4 is 25.8 Å². The van der Waals surface area contributed by atoms with Crippen molar-refractivity contribution in [2.75, 3.05) is 59.7 Å². The lowest BCUT2D eigenvalue weighted by atomic mass is 10.1. The molecule has 1 atom stereocenters. The molecule has 1 aliphatic heterocycles. The van der Waals surface area contributed by atoms with E-state index in [0.717, 1.165) is 25.2 Å². The number of ether oxygens (including phenoxy) is 4. The maximum atomic E-state index is 14.7. The van der Waals surface area contributed by atoms with E-state index in [0.29, 0.717) is 37.4 Å². The van der Waals surface area contributed by atoms with Crippen LogP contribution >= 0.6 is 0 Å². The molecule has 13 heteroatoms. The maximum absolute atomic E-state index is 14.7. The second-order valence-electron chi connectivity index (χ2n) is 8.89. The first-order valence-corrected chi connectivity index (χ1v) is 12.8. The van der Waals surface area contributed by atoms with Crippen LogP contribution in [0.1, 0.15) is 29.7 Å². The fourth-order valence-corrected chi connectivity index (χ4v) is 4.04. The summed E-state index contributed by atoms with van der Waals surface area (Å²) < 4.78 is 50.6. The van der Waals surface area contributed by atoms with Crippen LogP contribution in [0.15, 0.2) is 30.3 Å². The number of nitrogens with one attached hydrogen (secondary N) is 3. The molecule has 3 rings (SSSR count). The molecule has 1 heterocycles. The summed E-state index contributed by atoms with van der Waals surface area (Å²) in [6.07, 6.45) is -1.56. The highest BCUT2D eigenvalue weighted by Gasteiger charge is 2.28. The van der Waals surface area contributed by atoms with Gasteiger partial charge < -0.3 is 35.3 Å². The summed E-state index contributed by atoms with van der Waals surface area (Å²) >= 11 is 0. The molecule has 2 aromatic rings. The average molecular weight is 564 g/mol. The Hall–Kier alpha value is -3.81. The summed E-state index contributed by atoms with van der Waals surface area (Å²) in [7, 11) is 1.27. The van der Waals surface area contributed by atoms with Crippen LogP contribution in [-0.2, 0) is 25.6 Å². The quantitative estimate of drug-likeness (QED) is 0.200. The van der Waals surface area contributed by atoms with Gasteiger partial charge >= 0.3 is 0 Å². The predicted molar refractivity (Wildman–Crippen MR) is 142 cm³/mol. The molecule has 5 N–H and O–H groups in total. The molecule has 1 fully saturated rings. The number of nitrogen functional groups attached to an aromatic ring is 1. The lowest BCUT2D eigenvalue weighted by Gasteiger charge is -2.26. The zero-order chi connectivity index (χ0) is 29.1. The van der Waals surface area contributed by atoms with Crippen molar-refractivity contribution < 1.29 is 37.3 Å². The molecular formula is C27H35F2N5O6. The molecule has 1 unspecified atom stereocenters. The molecule has 0 aromatic heterocycles. The Kier molecular flexibility index (Phi) is 11.6. The van der Waals surface area contributed by atoms with E-state index in [1.807, 2.05) is 0 Å². The van der Waals surface area contributed by atoms with Gasteiger partial charge in [0.1, 0.15) is 29.0 Å². The summed E-state index contributed by atoms with van der Waals surface area (Å²) in [6.45, 7) is 5.25. The number of nitrogens with zero attached hydrogens (tertiary/aromatic N) is 1. The summed E-state index contributed by atoms with van der Waals surface area (Å²) in [4.78, 5) is 27.5. The van der Waals surface area contributed by atoms with Crippen molar-refractivity contribution in [1.29, 1.82) is 5.41 Å². The van der Waals surface area contributed by atoms with Crippen LogP contribution in [0, 0.1) is 17.0 Å². The fourth-order valence-electron chi connectivity index (χ4n) is 4.04. The molecule has 1 saturated heterocycles. The van der Waals surface area contributed by atoms with E-state index in [1.54, 1.807) is 19.1 Å². The Morgan fingerprint density at radius 2 is 1.85 bits per heavy atom. The number of morpholine rings is 1. The smallest absolute Gasteiger partial charge is 0.257 e. The standard InChI is InChI=1S/C27H35F2N5O6/c1-3-39-25(24-20(28)13-19(37-2)14-21(24)29)27(36)33-15-18-5-4-17(26(30)31)12-22(18)40-16-23(35)32-6-7-34-8-10-38-11-9-34/h4-5,12-14,25H,3,6-11,15-16H2,1-2H3,(H3,30,31)(H,32,35)(H,33,36). The molecule has 218 valence electrons. The number of benzene rings is 2. The van der Waals surface area contributed by atoms with Crippen molar-refractivity contribution in [3.05, 3.63) is 58.7 Å². The third-order valence-electron chi connectivity index (χ3n) is 6.17. The van der Waals surface area contributed by atoms with Crippen molar-refractivity contribution in [1.82, 2.24) is 15.5 Å². The molecule has 0 saturated carbocycles. The van der Waals surface area contributed by atoms with E-state index in [-0.39, 0.29) is 43.0 Å². The second kappa shape index (κ2) is 15.1. The highest BCUT2D eigenvalue weighted by atomic mass is 19.1. The lowest BCUT2D eigenvalue weighted by molar-refractivity contribution is -0.133. The number of carbonyl (C=O) groups is 2. The van der Waals surface area contributed by atoms with Crippen molar-refractivity contribution >= 4 is 17.6 Å². The molecule has 1 aliphatic rings. The number of hydrogen-bond acceptors (Lipinski definition) is 8. The normalized spacial score (nSPS) is 14.3. The third-order valence-corrected chi connectivity index (χ3v) is 6.17. The van der Waals surface area contributed by atoms with Gasteiger partial charge in [0.05, 0.1) is 25.9 Å². The highest BCUT2D eigenvalue weighted by Crippen LogP contribution is 2.29. The molecule has 0 radical (unpaired) electrons. The van der Waals surface area contributed by atoms with Gasteiger partial charge in [-0.1, -0.05) is 12.1 Å². The Bertz CT molecular complexity index is 1170. The maximum Gasteiger partial charge on any atom is 0.257 e. The Balaban J connectivity index is 1.66. The number of methoxy groups -OCH3 is 1. The zero-order valence-electron chi connectivity index (χ0n) is 22.6. The Morgan fingerprint density at radius 3 is 2.48 bits per heavy atom. The molecule has 0 aliphatic carbocycles. The monoisotopic (exact) mass is 563 g/mol. The van der Waals surface area contributed by atoms with Crippen molar-refractivity contribution in [2.45, 2.75) is 19.6 Å². The van der Waals surface area contributed by atoms with Gasteiger partial charge in [-0.05, 0) is 13.0 Å². The molecule has 40 heavy (non-hydrogen) atoms. The van der Waals surface area contributed by atoms with E-state index >= 15 is 0 Å². The minimum atomic E-state index is -1.56. The van der Waals surface area contributed by atoms with Gasteiger partial charge in [-0.25, -0.2) is 8.78 Å². The lowest BCUT2D eigenvalue weighted by Crippen LogP contribution is -2.42. The van der Waals surface area contributed by atoms with Gasteiger partial charge in [-0.3, -0.25) is 19.9 Å². The first-order valence-electron chi connectivity index (χ1n) is 12.8. The molecule has 2 amide bonds. The summed E-state index contributed by atoms with van der Waals surface area (Å²) in [5.41, 5.74) is 5.86. The summed E-state index contributed by atoms with van der Waals surface area (Å²) in [5.74, 6) is -3.14. The van der Waals surface area contributed by atoms with Gasteiger partial charge in [0, 0.05) is 62.6 Å². The topological polar surface area (TPSA) is 148 Å². The molecule has 0 bridgehead atoms. The van der Waals surface area contributed by atoms with Gasteiger partial charge in [-0.2, -0.15) is 0 Å². The molecule has 2 aromatic carbocycles. The average Bonchev–Trinajstić information content (AvgIpc) is 2.94. The van der Waals surface area contributed by atoms with E-state index < -0.39 is 29.2 Å². The number of amidine groups is 1. The molecular weight excluding hydrogens is 528 g/mol. The van der Waals surface area contributed by atoms with E-state index in [9.17, 15) is 18.4 Å². The zero-order valence-corrected chi connectivity index (χ0v) is 22.6. The fraction of sp³-hybridized carbons (Fsp3) is 0.444. The third kappa shape index (κ3) is 8.60. The number of rotatable bonds is 14. The second-order valence-corrected chi connectivity index (χ2v) is 8.89. The number of carbonyl (C=O) groups excluding carboxylic acids is 2. The van der Waals surface area contributed by atoms with Gasteiger partial charge in [0.25, 0.3) is 11.8 Å². The Morgan fingerprint density at radius 1 is 1.15 bits per heavy atom. The van der Waals surface area contributed by atoms with Gasteiger partial charge in [-0.15, -0.1) is 0 Å². The molecule has 11 nitrogen and oxygen atoms in total. The van der Waals surface area contributed by atoms with E-state index in [4.69, 9.17) is 30.1 Å². The van der Waals surface area contributed by atoms with Crippen LogP contribution in [-0.4, -0.2) is 82.3 Å². The van der Waals surface area contributed by atoms with Gasteiger partial charge in [0.2, 0.25) is 0 Å². The minimum Gasteiger partial charge on any atom is -0.497 e. The van der Waals surface area contributed by atoms with Crippen LogP contribution in [0.4, 0.5) is 8.78 Å². The first-order chi connectivity index (χ1) is 19.2. The number of nitrogens with two attached hydrogens (primary N) is 1. The van der Waals surface area contributed by atoms with E-state index in [1.165, 1.54) is 13.2 Å². The number of hydrogen-bond donors (Lipinski definition) is 4. The van der Waals surface area contributed by atoms with Crippen molar-refractivity contribution in [3.8, 4) is 11.5 Å². The summed E-state index contributed by atoms with van der Waals surface area (Å²) in [6, 6.07) is 6.55. The van der Waals surface area contributed by atoms with Crippen LogP contribution in [0.2, 0.25) is 0 Å². The minimum absolute atomic E-state index is 0.0192. The van der Waals surface area contributed by atoms with E-state index in [2.05, 4.69) is 15.5 Å². The van der Waals surface area contributed by atoms with Gasteiger partial charge in [0.15, 0.2) is 12.7 Å². The van der Waals surface area contributed by atoms with Crippen LogP contribution in [0.3, 0.4) is 0 Å². The predicted octanol–water partition coefficient (Wildman–Crippen LogP) is 1.48. The summed E-state index contributed by atoms with van der Waals surface area (Å²) in [5, 5.41) is 13.1. The molecule has 0 spiro atoms.